The second-order valence-corrected chi connectivity index (χ2v) is 7.35. The summed E-state index contributed by atoms with van der Waals surface area (Å²) in [5, 5.41) is 6.87. The van der Waals surface area contributed by atoms with Crippen molar-refractivity contribution >= 4 is 17.7 Å². The van der Waals surface area contributed by atoms with Crippen LogP contribution in [-0.4, -0.2) is 32.7 Å². The Morgan fingerprint density at radius 1 is 1.17 bits per heavy atom. The zero-order valence-electron chi connectivity index (χ0n) is 17.2. The normalized spacial score (nSPS) is 11.9. The van der Waals surface area contributed by atoms with Gasteiger partial charge in [-0.2, -0.15) is 5.10 Å². The number of nitrogens with two attached hydrogens (primary N) is 1. The molecule has 0 aliphatic rings. The number of nitrogens with zero attached hydrogens (tertiary/aromatic N) is 3. The number of benzene rings is 1. The molecule has 156 valence electrons. The number of anilines is 1. The fraction of sp³-hybridized carbons (Fsp3) is 0.273. The lowest BCUT2D eigenvalue weighted by molar-refractivity contribution is -0.148. The van der Waals surface area contributed by atoms with Crippen molar-refractivity contribution in [3.8, 4) is 11.1 Å². The molecular weight excluding hydrogens is 382 g/mol. The number of amides is 1. The molecule has 3 rings (SSSR count). The minimum atomic E-state index is -0.817. The van der Waals surface area contributed by atoms with Gasteiger partial charge in [0.05, 0.1) is 11.8 Å². The van der Waals surface area contributed by atoms with E-state index in [2.05, 4.69) is 15.4 Å². The Balaban J connectivity index is 1.74. The van der Waals surface area contributed by atoms with Gasteiger partial charge in [-0.25, -0.2) is 9.78 Å². The summed E-state index contributed by atoms with van der Waals surface area (Å²) >= 11 is 0. The van der Waals surface area contributed by atoms with Gasteiger partial charge in [0.15, 0.2) is 0 Å². The van der Waals surface area contributed by atoms with Crippen molar-refractivity contribution in [2.45, 2.75) is 26.5 Å². The van der Waals surface area contributed by atoms with E-state index < -0.39 is 17.9 Å². The first-order chi connectivity index (χ1) is 14.3. The summed E-state index contributed by atoms with van der Waals surface area (Å²) < 4.78 is 7.06. The highest BCUT2D eigenvalue weighted by atomic mass is 16.5. The molecule has 0 saturated heterocycles. The van der Waals surface area contributed by atoms with E-state index in [-0.39, 0.29) is 23.9 Å². The van der Waals surface area contributed by atoms with Gasteiger partial charge in [0.2, 0.25) is 0 Å². The monoisotopic (exact) mass is 407 g/mol. The highest BCUT2D eigenvalue weighted by Gasteiger charge is 2.27. The topological polar surface area (TPSA) is 112 Å². The maximum atomic E-state index is 12.9. The molecule has 0 unspecified atom stereocenters. The molecule has 30 heavy (non-hydrogen) atoms. The molecule has 0 fully saturated rings. The van der Waals surface area contributed by atoms with E-state index in [0.717, 1.165) is 11.1 Å². The standard InChI is InChI=1S/C22H25N5O3/c1-14(2)19(22(29)30-13-15-7-5-4-6-8-15)26-21(28)18-9-16(10-24-20(18)23)17-11-25-27(3)12-17/h4-12,14,19H,13H2,1-3H3,(H2,23,24)(H,26,28)/t19-/m0/s1. The molecule has 8 heteroatoms. The second kappa shape index (κ2) is 9.21. The van der Waals surface area contributed by atoms with Crippen molar-refractivity contribution in [2.75, 3.05) is 5.73 Å². The number of carbonyl (C=O) groups excluding carboxylic acids is 2. The maximum absolute atomic E-state index is 12.9. The average Bonchev–Trinajstić information content (AvgIpc) is 3.17. The molecule has 1 aromatic carbocycles. The number of aryl methyl sites for hydroxylation is 1. The van der Waals surface area contributed by atoms with Crippen LogP contribution in [0.3, 0.4) is 0 Å². The van der Waals surface area contributed by atoms with Crippen LogP contribution in [0.1, 0.15) is 29.8 Å². The SMILES string of the molecule is CC(C)[C@H](NC(=O)c1cc(-c2cnn(C)c2)cnc1N)C(=O)OCc1ccccc1. The third-order valence-electron chi connectivity index (χ3n) is 4.63. The summed E-state index contributed by atoms with van der Waals surface area (Å²) in [4.78, 5) is 29.6. The van der Waals surface area contributed by atoms with E-state index in [1.54, 1.807) is 30.2 Å². The van der Waals surface area contributed by atoms with Crippen LogP contribution in [0.25, 0.3) is 11.1 Å². The van der Waals surface area contributed by atoms with Crippen LogP contribution in [0.2, 0.25) is 0 Å². The van der Waals surface area contributed by atoms with Gasteiger partial charge in [-0.15, -0.1) is 0 Å². The molecule has 0 bridgehead atoms. The van der Waals surface area contributed by atoms with Gasteiger partial charge < -0.3 is 15.8 Å². The molecule has 1 amide bonds. The van der Waals surface area contributed by atoms with E-state index >= 15 is 0 Å². The van der Waals surface area contributed by atoms with E-state index in [9.17, 15) is 9.59 Å². The van der Waals surface area contributed by atoms with E-state index in [0.29, 0.717) is 5.56 Å². The van der Waals surface area contributed by atoms with Gasteiger partial charge in [-0.1, -0.05) is 44.2 Å². The van der Waals surface area contributed by atoms with Gasteiger partial charge in [-0.3, -0.25) is 9.48 Å². The number of hydrogen-bond acceptors (Lipinski definition) is 6. The molecule has 0 radical (unpaired) electrons. The summed E-state index contributed by atoms with van der Waals surface area (Å²) in [5.74, 6) is -1.08. The first-order valence-corrected chi connectivity index (χ1v) is 9.61. The Kier molecular flexibility index (Phi) is 6.46. The fourth-order valence-electron chi connectivity index (χ4n) is 2.92. The van der Waals surface area contributed by atoms with E-state index in [1.807, 2.05) is 50.4 Å². The number of esters is 1. The Hall–Kier alpha value is -3.68. The van der Waals surface area contributed by atoms with Gasteiger partial charge >= 0.3 is 5.97 Å². The Morgan fingerprint density at radius 3 is 2.53 bits per heavy atom. The Bertz CT molecular complexity index is 1030. The molecule has 1 atom stereocenters. The number of aromatic nitrogens is 3. The van der Waals surface area contributed by atoms with Crippen LogP contribution < -0.4 is 11.1 Å². The largest absolute Gasteiger partial charge is 0.459 e. The summed E-state index contributed by atoms with van der Waals surface area (Å²) in [5.41, 5.74) is 8.50. The molecule has 0 saturated carbocycles. The predicted molar refractivity (Wildman–Crippen MR) is 113 cm³/mol. The highest BCUT2D eigenvalue weighted by molar-refractivity contribution is 6.01. The van der Waals surface area contributed by atoms with Crippen LogP contribution >= 0.6 is 0 Å². The number of nitrogens with one attached hydrogen (secondary N) is 1. The van der Waals surface area contributed by atoms with Crippen LogP contribution in [0.4, 0.5) is 5.82 Å². The second-order valence-electron chi connectivity index (χ2n) is 7.35. The lowest BCUT2D eigenvalue weighted by Crippen LogP contribution is -2.45. The summed E-state index contributed by atoms with van der Waals surface area (Å²) in [7, 11) is 1.80. The highest BCUT2D eigenvalue weighted by Crippen LogP contribution is 2.22. The van der Waals surface area contributed by atoms with Crippen LogP contribution in [0, 0.1) is 5.92 Å². The number of pyridine rings is 1. The zero-order chi connectivity index (χ0) is 21.7. The number of hydrogen-bond donors (Lipinski definition) is 2. The predicted octanol–water partition coefficient (Wildman–Crippen LogP) is 2.56. The van der Waals surface area contributed by atoms with Crippen molar-refractivity contribution < 1.29 is 14.3 Å². The number of carbonyl (C=O) groups is 2. The summed E-state index contributed by atoms with van der Waals surface area (Å²) in [6.07, 6.45) is 5.07. The van der Waals surface area contributed by atoms with Crippen molar-refractivity contribution in [1.82, 2.24) is 20.1 Å². The minimum absolute atomic E-state index is 0.0836. The molecule has 0 aliphatic heterocycles. The number of nitrogen functional groups attached to an aromatic ring is 1. The van der Waals surface area contributed by atoms with Crippen LogP contribution in [0.15, 0.2) is 55.0 Å². The summed E-state index contributed by atoms with van der Waals surface area (Å²) in [6.45, 7) is 3.81. The lowest BCUT2D eigenvalue weighted by Gasteiger charge is -2.21. The summed E-state index contributed by atoms with van der Waals surface area (Å²) in [6, 6.07) is 10.2. The third-order valence-corrected chi connectivity index (χ3v) is 4.63. The molecule has 2 heterocycles. The quantitative estimate of drug-likeness (QED) is 0.582. The lowest BCUT2D eigenvalue weighted by atomic mass is 10.0. The Labute approximate surface area is 175 Å². The maximum Gasteiger partial charge on any atom is 0.329 e. The van der Waals surface area contributed by atoms with Crippen LogP contribution in [0.5, 0.6) is 0 Å². The molecule has 0 aliphatic carbocycles. The first kappa shape index (κ1) is 21.0. The van der Waals surface area contributed by atoms with E-state index in [4.69, 9.17) is 10.5 Å². The van der Waals surface area contributed by atoms with Gasteiger partial charge in [0.25, 0.3) is 5.91 Å². The molecule has 3 aromatic rings. The van der Waals surface area contributed by atoms with Crippen molar-refractivity contribution in [1.29, 1.82) is 0 Å². The van der Waals surface area contributed by atoms with Crippen molar-refractivity contribution in [3.63, 3.8) is 0 Å². The van der Waals surface area contributed by atoms with Crippen molar-refractivity contribution in [3.05, 3.63) is 66.1 Å². The zero-order valence-corrected chi connectivity index (χ0v) is 17.2. The number of rotatable bonds is 7. The van der Waals surface area contributed by atoms with Gasteiger partial charge in [0, 0.05) is 30.6 Å². The van der Waals surface area contributed by atoms with Gasteiger partial charge in [-0.05, 0) is 17.5 Å². The van der Waals surface area contributed by atoms with Gasteiger partial charge in [0.1, 0.15) is 18.5 Å². The molecule has 2 aromatic heterocycles. The molecule has 0 spiro atoms. The first-order valence-electron chi connectivity index (χ1n) is 9.61. The average molecular weight is 407 g/mol. The van der Waals surface area contributed by atoms with Crippen molar-refractivity contribution in [2.24, 2.45) is 13.0 Å². The smallest absolute Gasteiger partial charge is 0.329 e. The van der Waals surface area contributed by atoms with Crippen LogP contribution in [-0.2, 0) is 23.2 Å². The molecule has 8 nitrogen and oxygen atoms in total. The van der Waals surface area contributed by atoms with E-state index in [1.165, 1.54) is 0 Å². The minimum Gasteiger partial charge on any atom is -0.459 e. The number of ether oxygens (including phenoxy) is 1. The third kappa shape index (κ3) is 5.02. The Morgan fingerprint density at radius 2 is 1.90 bits per heavy atom. The molecular formula is C22H25N5O3. The fourth-order valence-corrected chi connectivity index (χ4v) is 2.92. The molecule has 3 N–H and O–H groups in total.